The highest BCUT2D eigenvalue weighted by atomic mass is 19.4. The molecule has 2 aromatic carbocycles. The molecule has 0 saturated heterocycles. The Balaban J connectivity index is 2.02. The molecule has 0 spiro atoms. The monoisotopic (exact) mass is 384 g/mol. The molecule has 27 heavy (non-hydrogen) atoms. The topological polar surface area (TPSA) is 78.9 Å². The average Bonchev–Trinajstić information content (AvgIpc) is 2.63. The lowest BCUT2D eigenvalue weighted by atomic mass is 10.1. The highest BCUT2D eigenvalue weighted by molar-refractivity contribution is 6.01. The van der Waals surface area contributed by atoms with Crippen molar-refractivity contribution in [3.63, 3.8) is 0 Å². The van der Waals surface area contributed by atoms with Crippen LogP contribution in [0.1, 0.15) is 21.5 Å². The standard InChI is InChI=1S/C17H12F4N2O4/c18-15-10(2-1-3-11(15)17(19,20)21)7-23-12-6-9(16(25)22-26)4-5-13(12)27-8-14(23)24/h1-6,26H,7-8H2,(H,22,25). The second kappa shape index (κ2) is 6.88. The number of anilines is 1. The zero-order chi connectivity index (χ0) is 19.8. The third-order valence-corrected chi connectivity index (χ3v) is 3.98. The van der Waals surface area contributed by atoms with Gasteiger partial charge in [-0.05, 0) is 24.3 Å². The van der Waals surface area contributed by atoms with Gasteiger partial charge < -0.3 is 9.64 Å². The third kappa shape index (κ3) is 3.56. The number of ether oxygens (including phenoxy) is 1. The number of hydroxylamine groups is 1. The number of nitrogens with one attached hydrogen (secondary N) is 1. The molecule has 0 bridgehead atoms. The maximum atomic E-state index is 14.3. The van der Waals surface area contributed by atoms with Crippen molar-refractivity contribution < 1.29 is 37.1 Å². The molecule has 0 radical (unpaired) electrons. The van der Waals surface area contributed by atoms with Crippen LogP contribution in [0.25, 0.3) is 0 Å². The molecular weight excluding hydrogens is 372 g/mol. The maximum absolute atomic E-state index is 14.3. The van der Waals surface area contributed by atoms with E-state index in [-0.39, 0.29) is 29.2 Å². The zero-order valence-corrected chi connectivity index (χ0v) is 13.5. The Bertz CT molecular complexity index is 914. The highest BCUT2D eigenvalue weighted by Gasteiger charge is 2.35. The Kier molecular flexibility index (Phi) is 4.75. The smallest absolute Gasteiger partial charge is 0.419 e. The third-order valence-electron chi connectivity index (χ3n) is 3.98. The minimum absolute atomic E-state index is 0.0240. The van der Waals surface area contributed by atoms with Crippen LogP contribution in [0.3, 0.4) is 0 Å². The summed E-state index contributed by atoms with van der Waals surface area (Å²) in [6.45, 7) is -0.881. The minimum atomic E-state index is -4.88. The Hall–Kier alpha value is -3.14. The summed E-state index contributed by atoms with van der Waals surface area (Å²) in [5.74, 6) is -2.77. The SMILES string of the molecule is O=C(NO)c1ccc2c(c1)N(Cc1cccc(C(F)(F)F)c1F)C(=O)CO2. The lowest BCUT2D eigenvalue weighted by molar-refractivity contribution is -0.140. The zero-order valence-electron chi connectivity index (χ0n) is 13.5. The molecule has 6 nitrogen and oxygen atoms in total. The van der Waals surface area contributed by atoms with E-state index in [1.807, 2.05) is 0 Å². The van der Waals surface area contributed by atoms with E-state index in [1.165, 1.54) is 23.7 Å². The Labute approximate surface area is 149 Å². The summed E-state index contributed by atoms with van der Waals surface area (Å²) >= 11 is 0. The van der Waals surface area contributed by atoms with Gasteiger partial charge in [-0.1, -0.05) is 12.1 Å². The van der Waals surface area contributed by atoms with Crippen LogP contribution in [-0.2, 0) is 17.5 Å². The van der Waals surface area contributed by atoms with E-state index in [0.717, 1.165) is 17.0 Å². The summed E-state index contributed by atoms with van der Waals surface area (Å²) < 4.78 is 58.2. The highest BCUT2D eigenvalue weighted by Crippen LogP contribution is 2.36. The van der Waals surface area contributed by atoms with Gasteiger partial charge in [-0.3, -0.25) is 14.8 Å². The fourth-order valence-corrected chi connectivity index (χ4v) is 2.67. The minimum Gasteiger partial charge on any atom is -0.482 e. The van der Waals surface area contributed by atoms with Gasteiger partial charge in [-0.25, -0.2) is 9.87 Å². The number of benzene rings is 2. The lowest BCUT2D eigenvalue weighted by Crippen LogP contribution is -2.38. The van der Waals surface area contributed by atoms with Crippen LogP contribution < -0.4 is 15.1 Å². The van der Waals surface area contributed by atoms with Crippen molar-refractivity contribution in [3.8, 4) is 5.75 Å². The molecule has 1 aliphatic rings. The van der Waals surface area contributed by atoms with Crippen LogP contribution in [0.5, 0.6) is 5.75 Å². The van der Waals surface area contributed by atoms with Crippen molar-refractivity contribution in [2.75, 3.05) is 11.5 Å². The molecule has 2 aromatic rings. The van der Waals surface area contributed by atoms with Crippen molar-refractivity contribution >= 4 is 17.5 Å². The summed E-state index contributed by atoms with van der Waals surface area (Å²) in [5.41, 5.74) is -0.302. The molecule has 0 atom stereocenters. The molecule has 0 unspecified atom stereocenters. The first-order valence-electron chi connectivity index (χ1n) is 7.58. The van der Waals surface area contributed by atoms with Gasteiger partial charge in [0.2, 0.25) is 0 Å². The summed E-state index contributed by atoms with van der Waals surface area (Å²) in [6, 6.07) is 6.69. The molecule has 1 aliphatic heterocycles. The molecule has 0 saturated carbocycles. The first kappa shape index (κ1) is 18.6. The number of fused-ring (bicyclic) bond motifs is 1. The number of alkyl halides is 3. The predicted octanol–water partition coefficient (Wildman–Crippen LogP) is 2.89. The summed E-state index contributed by atoms with van der Waals surface area (Å²) in [7, 11) is 0. The summed E-state index contributed by atoms with van der Waals surface area (Å²) in [4.78, 5) is 24.8. The van der Waals surface area contributed by atoms with E-state index < -0.39 is 35.9 Å². The fraction of sp³-hybridized carbons (Fsp3) is 0.176. The lowest BCUT2D eigenvalue weighted by Gasteiger charge is -2.30. The van der Waals surface area contributed by atoms with Gasteiger partial charge in [0.25, 0.3) is 11.8 Å². The molecule has 142 valence electrons. The van der Waals surface area contributed by atoms with Gasteiger partial charge in [-0.15, -0.1) is 0 Å². The second-order valence-electron chi connectivity index (χ2n) is 5.67. The fourth-order valence-electron chi connectivity index (χ4n) is 2.67. The first-order chi connectivity index (χ1) is 12.7. The number of halogens is 4. The second-order valence-corrected chi connectivity index (χ2v) is 5.67. The largest absolute Gasteiger partial charge is 0.482 e. The number of carbonyl (C=O) groups is 2. The Morgan fingerprint density at radius 1 is 1.26 bits per heavy atom. The van der Waals surface area contributed by atoms with Crippen molar-refractivity contribution in [1.82, 2.24) is 5.48 Å². The van der Waals surface area contributed by atoms with Crippen molar-refractivity contribution in [1.29, 1.82) is 0 Å². The summed E-state index contributed by atoms with van der Waals surface area (Å²) in [5, 5.41) is 8.72. The van der Waals surface area contributed by atoms with Gasteiger partial charge in [0.15, 0.2) is 6.61 Å². The van der Waals surface area contributed by atoms with E-state index in [1.54, 1.807) is 0 Å². The van der Waals surface area contributed by atoms with Gasteiger partial charge >= 0.3 is 6.18 Å². The van der Waals surface area contributed by atoms with Crippen LogP contribution in [0.2, 0.25) is 0 Å². The average molecular weight is 384 g/mol. The number of rotatable bonds is 3. The van der Waals surface area contributed by atoms with Crippen LogP contribution >= 0.6 is 0 Å². The van der Waals surface area contributed by atoms with E-state index in [9.17, 15) is 27.2 Å². The van der Waals surface area contributed by atoms with Crippen LogP contribution in [0, 0.1) is 5.82 Å². The number of amides is 2. The Morgan fingerprint density at radius 2 is 2.00 bits per heavy atom. The van der Waals surface area contributed by atoms with Crippen LogP contribution in [-0.4, -0.2) is 23.6 Å². The summed E-state index contributed by atoms with van der Waals surface area (Å²) in [6.07, 6.45) is -4.88. The molecule has 0 aliphatic carbocycles. The van der Waals surface area contributed by atoms with E-state index >= 15 is 0 Å². The number of nitrogens with zero attached hydrogens (tertiary/aromatic N) is 1. The number of hydrogen-bond donors (Lipinski definition) is 2. The van der Waals surface area contributed by atoms with Gasteiger partial charge in [0.1, 0.15) is 11.6 Å². The van der Waals surface area contributed by atoms with Gasteiger partial charge in [0, 0.05) is 11.1 Å². The van der Waals surface area contributed by atoms with Crippen molar-refractivity contribution in [2.45, 2.75) is 12.7 Å². The number of carbonyl (C=O) groups excluding carboxylic acids is 2. The van der Waals surface area contributed by atoms with E-state index in [2.05, 4.69) is 0 Å². The molecule has 10 heteroatoms. The van der Waals surface area contributed by atoms with Gasteiger partial charge in [-0.2, -0.15) is 13.2 Å². The normalized spacial score (nSPS) is 13.8. The van der Waals surface area contributed by atoms with E-state index in [4.69, 9.17) is 9.94 Å². The molecule has 1 heterocycles. The molecule has 2 N–H and O–H groups in total. The molecule has 3 rings (SSSR count). The maximum Gasteiger partial charge on any atom is 0.419 e. The van der Waals surface area contributed by atoms with Crippen molar-refractivity contribution in [3.05, 3.63) is 58.9 Å². The Morgan fingerprint density at radius 3 is 2.67 bits per heavy atom. The quantitative estimate of drug-likeness (QED) is 0.485. The van der Waals surface area contributed by atoms with Gasteiger partial charge in [0.05, 0.1) is 17.8 Å². The molecule has 0 fully saturated rings. The molecular formula is C17H12F4N2O4. The predicted molar refractivity (Wildman–Crippen MR) is 83.8 cm³/mol. The molecule has 0 aromatic heterocycles. The van der Waals surface area contributed by atoms with E-state index in [0.29, 0.717) is 6.07 Å². The molecule has 2 amide bonds. The first-order valence-corrected chi connectivity index (χ1v) is 7.58. The van der Waals surface area contributed by atoms with Crippen LogP contribution in [0.4, 0.5) is 23.2 Å². The number of hydrogen-bond acceptors (Lipinski definition) is 4. The van der Waals surface area contributed by atoms with Crippen molar-refractivity contribution in [2.24, 2.45) is 0 Å². The van der Waals surface area contributed by atoms with Crippen LogP contribution in [0.15, 0.2) is 36.4 Å².